The number of amides is 1. The normalized spacial score (nSPS) is 11.2. The fourth-order valence-corrected chi connectivity index (χ4v) is 3.76. The zero-order valence-electron chi connectivity index (χ0n) is 15.4. The Morgan fingerprint density at radius 2 is 2.21 bits per heavy atom. The van der Waals surface area contributed by atoms with E-state index in [-0.39, 0.29) is 5.91 Å². The standard InChI is InChI=1S/C19H20N6O2S/c1-2-16-21-14-10-12(4-5-15(14)25(16)8-3-7-20)17(26)22-19-24-23-18(28-19)13-6-9-27-11-13/h4-6,9-11H,2-3,7-8,20H2,1H3,(H,22,24,26). The number of benzene rings is 1. The molecule has 3 aromatic heterocycles. The number of nitrogens with one attached hydrogen (secondary N) is 1. The molecule has 0 bridgehead atoms. The second kappa shape index (κ2) is 7.91. The average molecular weight is 396 g/mol. The fraction of sp³-hybridized carbons (Fsp3) is 0.263. The Hall–Kier alpha value is -3.04. The Balaban J connectivity index is 1.56. The molecule has 0 aliphatic carbocycles. The zero-order chi connectivity index (χ0) is 19.5. The minimum absolute atomic E-state index is 0.244. The summed E-state index contributed by atoms with van der Waals surface area (Å²) in [6.45, 7) is 3.52. The minimum Gasteiger partial charge on any atom is -0.472 e. The van der Waals surface area contributed by atoms with Crippen molar-refractivity contribution in [3.05, 3.63) is 48.2 Å². The number of nitrogens with two attached hydrogens (primary N) is 1. The molecule has 1 aromatic carbocycles. The lowest BCUT2D eigenvalue weighted by molar-refractivity contribution is 0.102. The largest absolute Gasteiger partial charge is 0.472 e. The molecule has 0 radical (unpaired) electrons. The van der Waals surface area contributed by atoms with Crippen LogP contribution in [0.5, 0.6) is 0 Å². The van der Waals surface area contributed by atoms with Gasteiger partial charge in [-0.05, 0) is 37.2 Å². The van der Waals surface area contributed by atoms with Gasteiger partial charge in [-0.2, -0.15) is 0 Å². The van der Waals surface area contributed by atoms with Crippen molar-refractivity contribution in [3.63, 3.8) is 0 Å². The maximum Gasteiger partial charge on any atom is 0.257 e. The van der Waals surface area contributed by atoms with Gasteiger partial charge in [0.15, 0.2) is 5.01 Å². The lowest BCUT2D eigenvalue weighted by Crippen LogP contribution is -2.11. The first-order valence-corrected chi connectivity index (χ1v) is 9.88. The molecule has 9 heteroatoms. The van der Waals surface area contributed by atoms with Crippen molar-refractivity contribution in [2.75, 3.05) is 11.9 Å². The van der Waals surface area contributed by atoms with Gasteiger partial charge in [-0.15, -0.1) is 10.2 Å². The lowest BCUT2D eigenvalue weighted by atomic mass is 10.2. The summed E-state index contributed by atoms with van der Waals surface area (Å²) in [5, 5.41) is 12.0. The predicted molar refractivity (Wildman–Crippen MR) is 108 cm³/mol. The van der Waals surface area contributed by atoms with Crippen molar-refractivity contribution in [3.8, 4) is 10.6 Å². The summed E-state index contributed by atoms with van der Waals surface area (Å²) in [7, 11) is 0. The molecule has 0 unspecified atom stereocenters. The van der Waals surface area contributed by atoms with E-state index in [2.05, 4.69) is 32.0 Å². The Kier molecular flexibility index (Phi) is 5.18. The molecule has 0 fully saturated rings. The molecule has 4 rings (SSSR count). The third-order valence-corrected chi connectivity index (χ3v) is 5.29. The number of anilines is 1. The van der Waals surface area contributed by atoms with Crippen molar-refractivity contribution in [2.45, 2.75) is 26.3 Å². The summed E-state index contributed by atoms with van der Waals surface area (Å²) < 4.78 is 7.22. The quantitative estimate of drug-likeness (QED) is 0.496. The number of aromatic nitrogens is 4. The van der Waals surface area contributed by atoms with Gasteiger partial charge in [0, 0.05) is 18.5 Å². The summed E-state index contributed by atoms with van der Waals surface area (Å²) >= 11 is 1.29. The Bertz CT molecular complexity index is 1100. The highest BCUT2D eigenvalue weighted by molar-refractivity contribution is 7.18. The number of rotatable bonds is 7. The van der Waals surface area contributed by atoms with Gasteiger partial charge in [0.25, 0.3) is 5.91 Å². The van der Waals surface area contributed by atoms with Crippen molar-refractivity contribution in [1.29, 1.82) is 0 Å². The summed E-state index contributed by atoms with van der Waals surface area (Å²) in [4.78, 5) is 17.3. The van der Waals surface area contributed by atoms with Crippen LogP contribution in [0.3, 0.4) is 0 Å². The topological polar surface area (TPSA) is 112 Å². The Labute approximate surface area is 165 Å². The SMILES string of the molecule is CCc1nc2cc(C(=O)Nc3nnc(-c4ccoc4)s3)ccc2n1CCCN. The molecule has 144 valence electrons. The van der Waals surface area contributed by atoms with Gasteiger partial charge in [0.2, 0.25) is 5.13 Å². The molecule has 8 nitrogen and oxygen atoms in total. The van der Waals surface area contributed by atoms with Gasteiger partial charge in [-0.25, -0.2) is 4.98 Å². The van der Waals surface area contributed by atoms with Crippen LogP contribution in [0.15, 0.2) is 41.2 Å². The molecule has 3 heterocycles. The third-order valence-electron chi connectivity index (χ3n) is 4.41. The molecule has 0 aliphatic rings. The van der Waals surface area contributed by atoms with Crippen LogP contribution in [0.4, 0.5) is 5.13 Å². The zero-order valence-corrected chi connectivity index (χ0v) is 16.2. The van der Waals surface area contributed by atoms with Crippen LogP contribution in [0.1, 0.15) is 29.5 Å². The lowest BCUT2D eigenvalue weighted by Gasteiger charge is -2.07. The summed E-state index contributed by atoms with van der Waals surface area (Å²) in [6.07, 6.45) is 4.87. The van der Waals surface area contributed by atoms with E-state index in [1.54, 1.807) is 30.7 Å². The van der Waals surface area contributed by atoms with E-state index < -0.39 is 0 Å². The molecule has 0 saturated carbocycles. The van der Waals surface area contributed by atoms with Gasteiger partial charge in [-0.3, -0.25) is 10.1 Å². The van der Waals surface area contributed by atoms with Crippen molar-refractivity contribution < 1.29 is 9.21 Å². The van der Waals surface area contributed by atoms with Crippen molar-refractivity contribution >= 4 is 33.4 Å². The van der Waals surface area contributed by atoms with E-state index in [1.807, 2.05) is 6.07 Å². The molecule has 0 aliphatic heterocycles. The highest BCUT2D eigenvalue weighted by atomic mass is 32.1. The van der Waals surface area contributed by atoms with Crippen LogP contribution < -0.4 is 11.1 Å². The first kappa shape index (κ1) is 18.3. The van der Waals surface area contributed by atoms with E-state index in [0.717, 1.165) is 41.8 Å². The number of carbonyl (C=O) groups is 1. The molecular weight excluding hydrogens is 376 g/mol. The third kappa shape index (κ3) is 3.54. The smallest absolute Gasteiger partial charge is 0.257 e. The fourth-order valence-electron chi connectivity index (χ4n) is 3.04. The van der Waals surface area contributed by atoms with Gasteiger partial charge in [-0.1, -0.05) is 18.3 Å². The van der Waals surface area contributed by atoms with E-state index >= 15 is 0 Å². The summed E-state index contributed by atoms with van der Waals surface area (Å²) in [5.74, 6) is 0.751. The van der Waals surface area contributed by atoms with Gasteiger partial charge in [0.1, 0.15) is 12.1 Å². The summed E-state index contributed by atoms with van der Waals surface area (Å²) in [5.41, 5.74) is 8.82. The van der Waals surface area contributed by atoms with Gasteiger partial charge >= 0.3 is 0 Å². The van der Waals surface area contributed by atoms with Gasteiger partial charge in [0.05, 0.1) is 22.9 Å². The summed E-state index contributed by atoms with van der Waals surface area (Å²) in [6, 6.07) is 7.34. The highest BCUT2D eigenvalue weighted by Crippen LogP contribution is 2.27. The molecule has 0 atom stereocenters. The van der Waals surface area contributed by atoms with Crippen LogP contribution in [-0.2, 0) is 13.0 Å². The van der Waals surface area contributed by atoms with Crippen molar-refractivity contribution in [1.82, 2.24) is 19.7 Å². The minimum atomic E-state index is -0.244. The van der Waals surface area contributed by atoms with Crippen molar-refractivity contribution in [2.24, 2.45) is 5.73 Å². The number of fused-ring (bicyclic) bond motifs is 1. The van der Waals surface area contributed by atoms with Crippen LogP contribution in [0, 0.1) is 0 Å². The molecule has 28 heavy (non-hydrogen) atoms. The van der Waals surface area contributed by atoms with Crippen LogP contribution in [-0.4, -0.2) is 32.2 Å². The monoisotopic (exact) mass is 396 g/mol. The van der Waals surface area contributed by atoms with E-state index in [0.29, 0.717) is 22.2 Å². The number of nitrogens with zero attached hydrogens (tertiary/aromatic N) is 4. The van der Waals surface area contributed by atoms with E-state index in [4.69, 9.17) is 10.2 Å². The van der Waals surface area contributed by atoms with Crippen LogP contribution in [0.2, 0.25) is 0 Å². The predicted octanol–water partition coefficient (Wildman–Crippen LogP) is 3.31. The molecule has 0 saturated heterocycles. The first-order valence-electron chi connectivity index (χ1n) is 9.06. The Morgan fingerprint density at radius 1 is 1.32 bits per heavy atom. The number of furan rings is 1. The second-order valence-corrected chi connectivity index (χ2v) is 7.23. The van der Waals surface area contributed by atoms with E-state index in [9.17, 15) is 4.79 Å². The molecule has 1 amide bonds. The van der Waals surface area contributed by atoms with Gasteiger partial charge < -0.3 is 14.7 Å². The maximum absolute atomic E-state index is 12.6. The maximum atomic E-state index is 12.6. The molecule has 0 spiro atoms. The number of imidazole rings is 1. The Morgan fingerprint density at radius 3 is 2.96 bits per heavy atom. The molecule has 4 aromatic rings. The second-order valence-electron chi connectivity index (χ2n) is 6.26. The van der Waals surface area contributed by atoms with E-state index in [1.165, 1.54) is 11.3 Å². The number of hydrogen-bond acceptors (Lipinski definition) is 7. The molecule has 3 N–H and O–H groups in total. The number of hydrogen-bond donors (Lipinski definition) is 2. The highest BCUT2D eigenvalue weighted by Gasteiger charge is 2.15. The number of carbonyl (C=O) groups excluding carboxylic acids is 1. The average Bonchev–Trinajstić information content (AvgIpc) is 3.44. The first-order chi connectivity index (χ1) is 13.7. The van der Waals surface area contributed by atoms with Crippen LogP contribution >= 0.6 is 11.3 Å². The van der Waals surface area contributed by atoms with Crippen LogP contribution in [0.25, 0.3) is 21.6 Å². The number of aryl methyl sites for hydroxylation is 2. The molecular formula is C19H20N6O2S.